The molecule has 0 fully saturated rings. The molecule has 2 rings (SSSR count). The molecule has 1 aromatic carbocycles. The molecule has 0 aliphatic rings. The van der Waals surface area contributed by atoms with Crippen LogP contribution in [0.1, 0.15) is 16.1 Å². The molecule has 0 radical (unpaired) electrons. The predicted octanol–water partition coefficient (Wildman–Crippen LogP) is 2.99. The van der Waals surface area contributed by atoms with Crippen molar-refractivity contribution in [2.45, 2.75) is 6.92 Å². The van der Waals surface area contributed by atoms with Gasteiger partial charge in [0, 0.05) is 10.6 Å². The number of carboxylic acids is 1. The van der Waals surface area contributed by atoms with E-state index in [4.69, 9.17) is 22.4 Å². The average Bonchev–Trinajstić information content (AvgIpc) is 2.32. The molecule has 0 unspecified atom stereocenters. The lowest BCUT2D eigenvalue weighted by molar-refractivity contribution is 0.0691. The molecule has 0 spiro atoms. The van der Waals surface area contributed by atoms with Crippen LogP contribution in [0.5, 0.6) is 0 Å². The maximum absolute atomic E-state index is 11.2. The summed E-state index contributed by atoms with van der Waals surface area (Å²) in [5, 5.41) is 9.77. The molecular weight excluding hydrogens is 252 g/mol. The summed E-state index contributed by atoms with van der Waals surface area (Å²) in [6.07, 6.45) is 0. The second kappa shape index (κ2) is 4.66. The van der Waals surface area contributed by atoms with Crippen LogP contribution < -0.4 is 5.73 Å². The molecule has 1 heterocycles. The van der Waals surface area contributed by atoms with Crippen molar-refractivity contribution >= 4 is 23.4 Å². The number of rotatable bonds is 2. The van der Waals surface area contributed by atoms with E-state index in [1.54, 1.807) is 24.3 Å². The lowest BCUT2D eigenvalue weighted by Gasteiger charge is -2.08. The Morgan fingerprint density at radius 2 is 2.06 bits per heavy atom. The largest absolute Gasteiger partial charge is 0.476 e. The first kappa shape index (κ1) is 12.4. The van der Waals surface area contributed by atoms with Crippen LogP contribution in [-0.4, -0.2) is 16.1 Å². The van der Waals surface area contributed by atoms with E-state index in [1.165, 1.54) is 0 Å². The molecule has 1 aromatic heterocycles. The van der Waals surface area contributed by atoms with Crippen LogP contribution >= 0.6 is 11.6 Å². The molecule has 0 aliphatic carbocycles. The maximum atomic E-state index is 11.2. The molecule has 0 atom stereocenters. The number of aromatic nitrogens is 1. The van der Waals surface area contributed by atoms with Crippen LogP contribution in [0, 0.1) is 6.92 Å². The topological polar surface area (TPSA) is 76.2 Å². The number of halogens is 1. The Bertz CT molecular complexity index is 626. The second-order valence-electron chi connectivity index (χ2n) is 3.90. The molecule has 0 bridgehead atoms. The van der Waals surface area contributed by atoms with Crippen LogP contribution in [0.25, 0.3) is 11.1 Å². The molecule has 0 saturated carbocycles. The fourth-order valence-electron chi connectivity index (χ4n) is 1.68. The molecule has 4 nitrogen and oxygen atoms in total. The summed E-state index contributed by atoms with van der Waals surface area (Å²) in [6.45, 7) is 1.86. The van der Waals surface area contributed by atoms with Crippen molar-refractivity contribution < 1.29 is 9.90 Å². The highest BCUT2D eigenvalue weighted by atomic mass is 35.5. The zero-order chi connectivity index (χ0) is 13.3. The third kappa shape index (κ3) is 2.28. The van der Waals surface area contributed by atoms with Crippen LogP contribution in [0.15, 0.2) is 30.3 Å². The van der Waals surface area contributed by atoms with Crippen molar-refractivity contribution in [2.24, 2.45) is 0 Å². The molecule has 0 saturated heterocycles. The quantitative estimate of drug-likeness (QED) is 0.872. The number of carboxylic acid groups (broad SMARTS) is 1. The number of hydrogen-bond acceptors (Lipinski definition) is 3. The Labute approximate surface area is 109 Å². The van der Waals surface area contributed by atoms with Crippen LogP contribution in [0.4, 0.5) is 5.82 Å². The number of nitrogens with zero attached hydrogens (tertiary/aromatic N) is 1. The van der Waals surface area contributed by atoms with Gasteiger partial charge in [-0.15, -0.1) is 0 Å². The Kier molecular flexibility index (Phi) is 3.21. The van der Waals surface area contributed by atoms with Gasteiger partial charge in [0.2, 0.25) is 0 Å². The van der Waals surface area contributed by atoms with Gasteiger partial charge in [-0.05, 0) is 42.3 Å². The van der Waals surface area contributed by atoms with Crippen molar-refractivity contribution in [3.8, 4) is 11.1 Å². The van der Waals surface area contributed by atoms with Crippen molar-refractivity contribution in [2.75, 3.05) is 5.73 Å². The highest BCUT2D eigenvalue weighted by Crippen LogP contribution is 2.27. The highest BCUT2D eigenvalue weighted by Gasteiger charge is 2.14. The SMILES string of the molecule is Cc1cc(-c2ccc(N)nc2C(=O)O)ccc1Cl. The maximum Gasteiger partial charge on any atom is 0.355 e. The number of benzene rings is 1. The van der Waals surface area contributed by atoms with E-state index >= 15 is 0 Å². The standard InChI is InChI=1S/C13H11ClN2O2/c1-7-6-8(2-4-10(7)14)9-3-5-11(15)16-12(9)13(17)18/h2-6H,1H3,(H2,15,16)(H,17,18). The van der Waals surface area contributed by atoms with Crippen LogP contribution in [-0.2, 0) is 0 Å². The van der Waals surface area contributed by atoms with Gasteiger partial charge in [-0.3, -0.25) is 0 Å². The number of pyridine rings is 1. The number of carbonyl (C=O) groups is 1. The third-order valence-corrected chi connectivity index (χ3v) is 3.01. The Morgan fingerprint density at radius 1 is 1.33 bits per heavy atom. The van der Waals surface area contributed by atoms with Crippen LogP contribution in [0.3, 0.4) is 0 Å². The summed E-state index contributed by atoms with van der Waals surface area (Å²) in [7, 11) is 0. The smallest absolute Gasteiger partial charge is 0.355 e. The van der Waals surface area contributed by atoms with Gasteiger partial charge < -0.3 is 10.8 Å². The summed E-state index contributed by atoms with van der Waals surface area (Å²) < 4.78 is 0. The van der Waals surface area contributed by atoms with E-state index in [9.17, 15) is 4.79 Å². The molecule has 3 N–H and O–H groups in total. The summed E-state index contributed by atoms with van der Waals surface area (Å²) in [4.78, 5) is 15.0. The summed E-state index contributed by atoms with van der Waals surface area (Å²) in [5.74, 6) is -0.924. The lowest BCUT2D eigenvalue weighted by atomic mass is 10.0. The molecule has 2 aromatic rings. The fourth-order valence-corrected chi connectivity index (χ4v) is 1.80. The summed E-state index contributed by atoms with van der Waals surface area (Å²) in [6, 6.07) is 8.53. The van der Waals surface area contributed by atoms with Gasteiger partial charge in [0.15, 0.2) is 5.69 Å². The van der Waals surface area contributed by atoms with Crippen LogP contribution in [0.2, 0.25) is 5.02 Å². The van der Waals surface area contributed by atoms with Gasteiger partial charge in [-0.25, -0.2) is 9.78 Å². The zero-order valence-corrected chi connectivity index (χ0v) is 10.4. The number of aromatic carboxylic acids is 1. The summed E-state index contributed by atoms with van der Waals surface area (Å²) in [5.41, 5.74) is 7.60. The molecule has 18 heavy (non-hydrogen) atoms. The highest BCUT2D eigenvalue weighted by molar-refractivity contribution is 6.31. The van der Waals surface area contributed by atoms with Gasteiger partial charge in [0.25, 0.3) is 0 Å². The number of anilines is 1. The van der Waals surface area contributed by atoms with Crippen molar-refractivity contribution in [3.05, 3.63) is 46.6 Å². The van der Waals surface area contributed by atoms with E-state index in [2.05, 4.69) is 4.98 Å². The Balaban J connectivity index is 2.63. The average molecular weight is 263 g/mol. The van der Waals surface area contributed by atoms with E-state index in [-0.39, 0.29) is 11.5 Å². The van der Waals surface area contributed by atoms with E-state index in [1.807, 2.05) is 13.0 Å². The molecule has 92 valence electrons. The number of nitrogen functional groups attached to an aromatic ring is 1. The molecule has 5 heteroatoms. The van der Waals surface area contributed by atoms with Gasteiger partial charge in [-0.1, -0.05) is 17.7 Å². The fraction of sp³-hybridized carbons (Fsp3) is 0.0769. The lowest BCUT2D eigenvalue weighted by Crippen LogP contribution is -2.05. The first-order chi connectivity index (χ1) is 8.49. The van der Waals surface area contributed by atoms with Gasteiger partial charge in [0.1, 0.15) is 5.82 Å². The first-order valence-electron chi connectivity index (χ1n) is 5.25. The Hall–Kier alpha value is -2.07. The van der Waals surface area contributed by atoms with Crippen molar-refractivity contribution in [3.63, 3.8) is 0 Å². The van der Waals surface area contributed by atoms with Crippen molar-refractivity contribution in [1.29, 1.82) is 0 Å². The first-order valence-corrected chi connectivity index (χ1v) is 5.63. The van der Waals surface area contributed by atoms with Gasteiger partial charge in [-0.2, -0.15) is 0 Å². The van der Waals surface area contributed by atoms with Gasteiger partial charge >= 0.3 is 5.97 Å². The number of aryl methyl sites for hydroxylation is 1. The minimum atomic E-state index is -1.11. The van der Waals surface area contributed by atoms with Gasteiger partial charge in [0.05, 0.1) is 0 Å². The zero-order valence-electron chi connectivity index (χ0n) is 9.64. The minimum Gasteiger partial charge on any atom is -0.476 e. The molecule has 0 aliphatic heterocycles. The summed E-state index contributed by atoms with van der Waals surface area (Å²) >= 11 is 5.94. The predicted molar refractivity (Wildman–Crippen MR) is 70.8 cm³/mol. The monoisotopic (exact) mass is 262 g/mol. The van der Waals surface area contributed by atoms with E-state index < -0.39 is 5.97 Å². The third-order valence-electron chi connectivity index (χ3n) is 2.59. The molecule has 0 amide bonds. The molecular formula is C13H11ClN2O2. The number of nitrogens with two attached hydrogens (primary N) is 1. The Morgan fingerprint density at radius 3 is 2.67 bits per heavy atom. The second-order valence-corrected chi connectivity index (χ2v) is 4.31. The van der Waals surface area contributed by atoms with E-state index in [0.717, 1.165) is 11.1 Å². The normalized spacial score (nSPS) is 10.3. The van der Waals surface area contributed by atoms with Crippen molar-refractivity contribution in [1.82, 2.24) is 4.98 Å². The van der Waals surface area contributed by atoms with E-state index in [0.29, 0.717) is 10.6 Å². The number of hydrogen-bond donors (Lipinski definition) is 2. The minimum absolute atomic E-state index is 0.0586.